The maximum absolute atomic E-state index is 11.4. The molecule has 0 rings (SSSR count). The molecule has 0 aromatic carbocycles. The molecular weight excluding hydrogens is 166 g/mol. The average Bonchev–Trinajstić information content (AvgIpc) is 2.01. The molecule has 2 atom stereocenters. The normalized spacial score (nSPS) is 15.8. The van der Waals surface area contributed by atoms with Gasteiger partial charge in [0.05, 0.1) is 12.6 Å². The van der Waals surface area contributed by atoms with Gasteiger partial charge in [0, 0.05) is 12.5 Å². The first kappa shape index (κ1) is 12.6. The highest BCUT2D eigenvalue weighted by molar-refractivity contribution is 5.82. The van der Waals surface area contributed by atoms with Crippen LogP contribution in [-0.2, 0) is 4.79 Å². The second-order valence-corrected chi connectivity index (χ2v) is 3.82. The van der Waals surface area contributed by atoms with Crippen molar-refractivity contribution in [3.05, 3.63) is 0 Å². The summed E-state index contributed by atoms with van der Waals surface area (Å²) in [6.45, 7) is 6.68. The predicted octanol–water partition coefficient (Wildman–Crippen LogP) is 0.914. The summed E-state index contributed by atoms with van der Waals surface area (Å²) in [5.74, 6) is 0.391. The van der Waals surface area contributed by atoms with Gasteiger partial charge in [-0.1, -0.05) is 13.8 Å². The molecule has 0 radical (unpaired) electrons. The van der Waals surface area contributed by atoms with Crippen LogP contribution in [0.25, 0.3) is 0 Å². The summed E-state index contributed by atoms with van der Waals surface area (Å²) in [5, 5.41) is 9.08. The van der Waals surface area contributed by atoms with E-state index < -0.39 is 0 Å². The van der Waals surface area contributed by atoms with Crippen molar-refractivity contribution in [2.24, 2.45) is 5.92 Å². The van der Waals surface area contributed by atoms with Gasteiger partial charge in [0.1, 0.15) is 5.78 Å². The lowest BCUT2D eigenvalue weighted by atomic mass is 10.0. The molecule has 0 aliphatic heterocycles. The van der Waals surface area contributed by atoms with Crippen molar-refractivity contribution in [3.63, 3.8) is 0 Å². The molecule has 0 aliphatic carbocycles. The van der Waals surface area contributed by atoms with E-state index in [9.17, 15) is 4.79 Å². The predicted molar refractivity (Wildman–Crippen MR) is 53.6 cm³/mol. The molecule has 3 nitrogen and oxygen atoms in total. The number of carbonyl (C=O) groups excluding carboxylic acids is 1. The first-order chi connectivity index (χ1) is 5.97. The number of nitrogens with zero attached hydrogens (tertiary/aromatic N) is 1. The largest absolute Gasteiger partial charge is 0.392 e. The van der Waals surface area contributed by atoms with E-state index in [0.29, 0.717) is 13.1 Å². The lowest BCUT2D eigenvalue weighted by Gasteiger charge is -2.19. The third kappa shape index (κ3) is 5.77. The molecule has 0 aromatic rings. The first-order valence-corrected chi connectivity index (χ1v) is 4.86. The van der Waals surface area contributed by atoms with Gasteiger partial charge < -0.3 is 5.11 Å². The van der Waals surface area contributed by atoms with Crippen molar-refractivity contribution in [3.8, 4) is 0 Å². The molecule has 0 saturated carbocycles. The summed E-state index contributed by atoms with van der Waals surface area (Å²) in [4.78, 5) is 13.3. The Morgan fingerprint density at radius 1 is 1.46 bits per heavy atom. The number of aliphatic hydroxyl groups excluding tert-OH is 1. The van der Waals surface area contributed by atoms with Crippen LogP contribution in [-0.4, -0.2) is 42.0 Å². The van der Waals surface area contributed by atoms with E-state index >= 15 is 0 Å². The van der Waals surface area contributed by atoms with Gasteiger partial charge in [-0.25, -0.2) is 0 Å². The molecule has 3 heteroatoms. The number of hydrogen-bond acceptors (Lipinski definition) is 3. The SMILES string of the molecule is CCC(C)C(=O)CN(C)CC(C)O. The molecule has 78 valence electrons. The molecule has 0 fully saturated rings. The summed E-state index contributed by atoms with van der Waals surface area (Å²) >= 11 is 0. The molecule has 0 heterocycles. The van der Waals surface area contributed by atoms with E-state index in [1.807, 2.05) is 25.8 Å². The third-order valence-corrected chi connectivity index (χ3v) is 2.16. The Labute approximate surface area is 80.7 Å². The maximum Gasteiger partial charge on any atom is 0.149 e. The molecule has 1 N–H and O–H groups in total. The number of Topliss-reactive ketones (excluding diaryl/α,β-unsaturated/α-hetero) is 1. The fourth-order valence-electron chi connectivity index (χ4n) is 1.17. The van der Waals surface area contributed by atoms with Crippen molar-refractivity contribution < 1.29 is 9.90 Å². The van der Waals surface area contributed by atoms with E-state index in [1.54, 1.807) is 6.92 Å². The minimum absolute atomic E-state index is 0.136. The molecule has 0 aromatic heterocycles. The average molecular weight is 187 g/mol. The third-order valence-electron chi connectivity index (χ3n) is 2.16. The van der Waals surface area contributed by atoms with Crippen LogP contribution < -0.4 is 0 Å². The van der Waals surface area contributed by atoms with Crippen LogP contribution in [0.1, 0.15) is 27.2 Å². The number of rotatable bonds is 6. The standard InChI is InChI=1S/C10H21NO2/c1-5-8(2)10(13)7-11(4)6-9(3)12/h8-9,12H,5-7H2,1-4H3. The van der Waals surface area contributed by atoms with Crippen LogP contribution in [0.5, 0.6) is 0 Å². The Hall–Kier alpha value is -0.410. The second kappa shape index (κ2) is 6.11. The van der Waals surface area contributed by atoms with Crippen molar-refractivity contribution in [2.45, 2.75) is 33.3 Å². The van der Waals surface area contributed by atoms with E-state index in [1.165, 1.54) is 0 Å². The fourth-order valence-corrected chi connectivity index (χ4v) is 1.17. The summed E-state index contributed by atoms with van der Waals surface area (Å²) < 4.78 is 0. The topological polar surface area (TPSA) is 40.5 Å². The molecule has 13 heavy (non-hydrogen) atoms. The first-order valence-electron chi connectivity index (χ1n) is 4.86. The number of aliphatic hydroxyl groups is 1. The Kier molecular flexibility index (Phi) is 5.91. The maximum atomic E-state index is 11.4. The number of carbonyl (C=O) groups is 1. The molecule has 0 amide bonds. The van der Waals surface area contributed by atoms with Gasteiger partial charge in [-0.05, 0) is 20.4 Å². The Bertz CT molecular complexity index is 157. The van der Waals surface area contributed by atoms with Crippen LogP contribution >= 0.6 is 0 Å². The van der Waals surface area contributed by atoms with Gasteiger partial charge in [-0.3, -0.25) is 9.69 Å². The van der Waals surface area contributed by atoms with E-state index in [-0.39, 0.29) is 17.8 Å². The second-order valence-electron chi connectivity index (χ2n) is 3.82. The summed E-state index contributed by atoms with van der Waals surface area (Å²) in [6, 6.07) is 0. The van der Waals surface area contributed by atoms with E-state index in [0.717, 1.165) is 6.42 Å². The number of likely N-dealkylation sites (N-methyl/N-ethyl adjacent to an activating group) is 1. The summed E-state index contributed by atoms with van der Waals surface area (Å²) in [5.41, 5.74) is 0. The monoisotopic (exact) mass is 187 g/mol. The van der Waals surface area contributed by atoms with Gasteiger partial charge in [-0.2, -0.15) is 0 Å². The Balaban J connectivity index is 3.77. The highest BCUT2D eigenvalue weighted by atomic mass is 16.3. The van der Waals surface area contributed by atoms with Gasteiger partial charge in [0.2, 0.25) is 0 Å². The fraction of sp³-hybridized carbons (Fsp3) is 0.900. The highest BCUT2D eigenvalue weighted by Crippen LogP contribution is 2.03. The van der Waals surface area contributed by atoms with E-state index in [2.05, 4.69) is 0 Å². The van der Waals surface area contributed by atoms with Crippen molar-refractivity contribution in [1.82, 2.24) is 4.90 Å². The van der Waals surface area contributed by atoms with Gasteiger partial charge in [0.25, 0.3) is 0 Å². The molecule has 2 unspecified atom stereocenters. The zero-order valence-corrected chi connectivity index (χ0v) is 9.08. The zero-order chi connectivity index (χ0) is 10.4. The Morgan fingerprint density at radius 3 is 2.38 bits per heavy atom. The lowest BCUT2D eigenvalue weighted by Crippen LogP contribution is -2.34. The van der Waals surface area contributed by atoms with Crippen LogP contribution in [0.2, 0.25) is 0 Å². The summed E-state index contributed by atoms with van der Waals surface area (Å²) in [7, 11) is 1.85. The summed E-state index contributed by atoms with van der Waals surface area (Å²) in [6.07, 6.45) is 0.524. The number of hydrogen-bond donors (Lipinski definition) is 1. The van der Waals surface area contributed by atoms with Gasteiger partial charge >= 0.3 is 0 Å². The highest BCUT2D eigenvalue weighted by Gasteiger charge is 2.13. The molecular formula is C10H21NO2. The van der Waals surface area contributed by atoms with Crippen molar-refractivity contribution >= 4 is 5.78 Å². The number of ketones is 1. The lowest BCUT2D eigenvalue weighted by molar-refractivity contribution is -0.123. The zero-order valence-electron chi connectivity index (χ0n) is 9.08. The minimum atomic E-state index is -0.366. The quantitative estimate of drug-likeness (QED) is 0.672. The van der Waals surface area contributed by atoms with Gasteiger partial charge in [-0.15, -0.1) is 0 Å². The molecule has 0 bridgehead atoms. The minimum Gasteiger partial charge on any atom is -0.392 e. The molecule has 0 aliphatic rings. The molecule has 0 saturated heterocycles. The van der Waals surface area contributed by atoms with Gasteiger partial charge in [0.15, 0.2) is 0 Å². The Morgan fingerprint density at radius 2 is 2.00 bits per heavy atom. The van der Waals surface area contributed by atoms with Crippen molar-refractivity contribution in [2.75, 3.05) is 20.1 Å². The smallest absolute Gasteiger partial charge is 0.149 e. The van der Waals surface area contributed by atoms with Crippen LogP contribution in [0.15, 0.2) is 0 Å². The van der Waals surface area contributed by atoms with Crippen LogP contribution in [0, 0.1) is 5.92 Å². The van der Waals surface area contributed by atoms with E-state index in [4.69, 9.17) is 5.11 Å². The molecule has 0 spiro atoms. The van der Waals surface area contributed by atoms with Crippen molar-refractivity contribution in [1.29, 1.82) is 0 Å². The van der Waals surface area contributed by atoms with Crippen LogP contribution in [0.3, 0.4) is 0 Å². The van der Waals surface area contributed by atoms with Crippen LogP contribution in [0.4, 0.5) is 0 Å².